The molecule has 0 radical (unpaired) electrons. The van der Waals surface area contributed by atoms with Crippen LogP contribution in [0.15, 0.2) is 97.2 Å². The average Bonchev–Trinajstić information content (AvgIpc) is 3.29. The van der Waals surface area contributed by atoms with E-state index in [0.29, 0.717) is 6.42 Å². The number of allylic oxidation sites excluding steroid dienone is 15. The highest BCUT2D eigenvalue weighted by Crippen LogP contribution is 2.16. The van der Waals surface area contributed by atoms with Crippen molar-refractivity contribution in [1.29, 1.82) is 0 Å². The van der Waals surface area contributed by atoms with Crippen molar-refractivity contribution in [3.63, 3.8) is 0 Å². The van der Waals surface area contributed by atoms with Gasteiger partial charge >= 0.3 is 0 Å². The molecule has 4 nitrogen and oxygen atoms in total. The molecule has 0 aliphatic carbocycles. The van der Waals surface area contributed by atoms with Crippen molar-refractivity contribution in [2.75, 3.05) is 6.61 Å². The maximum absolute atomic E-state index is 12.4. The van der Waals surface area contributed by atoms with Crippen molar-refractivity contribution in [3.8, 4) is 0 Å². The maximum atomic E-state index is 12.4. The summed E-state index contributed by atoms with van der Waals surface area (Å²) in [5.74, 6) is -0.0662. The van der Waals surface area contributed by atoms with Gasteiger partial charge in [-0.25, -0.2) is 0 Å². The molecule has 362 valence electrons. The Morgan fingerprint density at radius 3 is 1.05 bits per heavy atom. The van der Waals surface area contributed by atoms with Gasteiger partial charge in [-0.05, 0) is 77.0 Å². The summed E-state index contributed by atoms with van der Waals surface area (Å²) in [6.45, 7) is 4.18. The van der Waals surface area contributed by atoms with Crippen LogP contribution >= 0.6 is 0 Å². The quantitative estimate of drug-likeness (QED) is 0.0421. The number of nitrogens with one attached hydrogen (secondary N) is 1. The number of amides is 1. The molecule has 0 aromatic carbocycles. The van der Waals surface area contributed by atoms with Crippen LogP contribution < -0.4 is 5.32 Å². The Kier molecular flexibility index (Phi) is 51.4. The molecule has 2 unspecified atom stereocenters. The number of unbranched alkanes of at least 4 members (excludes halogenated alkanes) is 27. The summed E-state index contributed by atoms with van der Waals surface area (Å²) in [7, 11) is 0. The van der Waals surface area contributed by atoms with E-state index < -0.39 is 12.1 Å². The molecule has 4 heteroatoms. The molecule has 2 atom stereocenters. The molecular weight excluding hydrogens is 771 g/mol. The molecule has 0 rings (SSSR count). The number of hydrogen-bond donors (Lipinski definition) is 3. The van der Waals surface area contributed by atoms with Crippen LogP contribution in [-0.4, -0.2) is 34.9 Å². The fourth-order valence-electron chi connectivity index (χ4n) is 7.75. The zero-order valence-corrected chi connectivity index (χ0v) is 41.6. The molecule has 1 amide bonds. The third-order valence-electron chi connectivity index (χ3n) is 11.8. The standard InChI is InChI=1S/C59H103NO3/c1-3-5-7-9-11-13-15-17-18-19-20-21-22-23-24-25-26-27-28-29-30-31-32-33-34-35-36-37-38-39-40-41-42-43-45-47-49-51-53-55-59(63)60-57(56-61)58(62)54-52-50-48-46-44-16-14-12-10-8-6-4-2/h5,7,11,13,17-18,20-21,23-24,26-27,29-30,52,54,57-58,61-62H,3-4,6,8-10,12,14-16,19,22,25,28,31-51,53,55-56H2,1-2H3,(H,60,63)/b7-5-,13-11-,18-17-,21-20-,24-23-,27-26-,30-29-,54-52+. The lowest BCUT2D eigenvalue weighted by Gasteiger charge is -2.20. The summed E-state index contributed by atoms with van der Waals surface area (Å²) in [6.07, 6.45) is 79.9. The first-order chi connectivity index (χ1) is 31.2. The number of hydrogen-bond acceptors (Lipinski definition) is 3. The SMILES string of the molecule is CC/C=C\C/C=C\C/C=C\C/C=C\C/C=C\C/C=C\C/C=C\CCCCCCCCCCCCCCCCCCCC(=O)NC(CO)C(O)/C=C/CCCCCCCCCCCC. The van der Waals surface area contributed by atoms with Gasteiger partial charge in [-0.1, -0.05) is 265 Å². The summed E-state index contributed by atoms with van der Waals surface area (Å²) >= 11 is 0. The van der Waals surface area contributed by atoms with Crippen molar-refractivity contribution in [3.05, 3.63) is 97.2 Å². The smallest absolute Gasteiger partial charge is 0.220 e. The number of aliphatic hydroxyl groups is 2. The van der Waals surface area contributed by atoms with Gasteiger partial charge in [0.25, 0.3) is 0 Å². The second-order valence-corrected chi connectivity index (χ2v) is 17.9. The van der Waals surface area contributed by atoms with E-state index in [-0.39, 0.29) is 12.5 Å². The van der Waals surface area contributed by atoms with Gasteiger partial charge in [-0.2, -0.15) is 0 Å². The summed E-state index contributed by atoms with van der Waals surface area (Å²) in [4.78, 5) is 12.4. The molecular formula is C59H103NO3. The minimum Gasteiger partial charge on any atom is -0.394 e. The fraction of sp³-hybridized carbons (Fsp3) is 0.712. The van der Waals surface area contributed by atoms with Gasteiger partial charge < -0.3 is 15.5 Å². The van der Waals surface area contributed by atoms with Crippen LogP contribution in [0.2, 0.25) is 0 Å². The second kappa shape index (κ2) is 53.6. The maximum Gasteiger partial charge on any atom is 0.220 e. The number of rotatable bonds is 48. The van der Waals surface area contributed by atoms with Crippen molar-refractivity contribution in [2.24, 2.45) is 0 Å². The Labute approximate surface area is 392 Å². The molecule has 0 aromatic heterocycles. The molecule has 0 bridgehead atoms. The number of aliphatic hydroxyl groups excluding tert-OH is 2. The Balaban J connectivity index is 3.49. The van der Waals surface area contributed by atoms with Crippen molar-refractivity contribution >= 4 is 5.91 Å². The van der Waals surface area contributed by atoms with E-state index in [1.54, 1.807) is 6.08 Å². The Hall–Kier alpha value is -2.69. The van der Waals surface area contributed by atoms with E-state index in [1.165, 1.54) is 161 Å². The first kappa shape index (κ1) is 60.3. The van der Waals surface area contributed by atoms with Gasteiger partial charge in [0.2, 0.25) is 5.91 Å². The molecule has 0 aromatic rings. The third kappa shape index (κ3) is 50.2. The lowest BCUT2D eigenvalue weighted by molar-refractivity contribution is -0.123. The summed E-state index contributed by atoms with van der Waals surface area (Å²) in [5.41, 5.74) is 0. The number of carbonyl (C=O) groups excluding carboxylic acids is 1. The average molecular weight is 874 g/mol. The van der Waals surface area contributed by atoms with Crippen LogP contribution in [-0.2, 0) is 4.79 Å². The van der Waals surface area contributed by atoms with Crippen molar-refractivity contribution < 1.29 is 15.0 Å². The van der Waals surface area contributed by atoms with Crippen LogP contribution in [0.4, 0.5) is 0 Å². The highest BCUT2D eigenvalue weighted by Gasteiger charge is 2.18. The molecule has 0 aliphatic rings. The van der Waals surface area contributed by atoms with E-state index in [0.717, 1.165) is 70.6 Å². The predicted molar refractivity (Wildman–Crippen MR) is 280 cm³/mol. The molecule has 0 saturated carbocycles. The lowest BCUT2D eigenvalue weighted by atomic mass is 10.0. The third-order valence-corrected chi connectivity index (χ3v) is 11.8. The normalized spacial score (nSPS) is 13.7. The number of carbonyl (C=O) groups is 1. The predicted octanol–water partition coefficient (Wildman–Crippen LogP) is 17.7. The van der Waals surface area contributed by atoms with Gasteiger partial charge in [0.1, 0.15) is 0 Å². The van der Waals surface area contributed by atoms with Gasteiger partial charge in [-0.15, -0.1) is 0 Å². The minimum atomic E-state index is -0.841. The fourth-order valence-corrected chi connectivity index (χ4v) is 7.75. The monoisotopic (exact) mass is 874 g/mol. The minimum absolute atomic E-state index is 0.0662. The van der Waals surface area contributed by atoms with E-state index in [4.69, 9.17) is 0 Å². The molecule has 63 heavy (non-hydrogen) atoms. The zero-order chi connectivity index (χ0) is 45.6. The first-order valence-electron chi connectivity index (χ1n) is 27.0. The Morgan fingerprint density at radius 2 is 0.698 bits per heavy atom. The van der Waals surface area contributed by atoms with E-state index >= 15 is 0 Å². The van der Waals surface area contributed by atoms with Gasteiger partial charge in [0.05, 0.1) is 18.8 Å². The molecule has 0 fully saturated rings. The zero-order valence-electron chi connectivity index (χ0n) is 41.6. The van der Waals surface area contributed by atoms with E-state index in [1.807, 2.05) is 6.08 Å². The van der Waals surface area contributed by atoms with Crippen LogP contribution in [0.25, 0.3) is 0 Å². The van der Waals surface area contributed by atoms with Gasteiger partial charge in [0, 0.05) is 6.42 Å². The van der Waals surface area contributed by atoms with Crippen LogP contribution in [0.5, 0.6) is 0 Å². The first-order valence-corrected chi connectivity index (χ1v) is 27.0. The van der Waals surface area contributed by atoms with Gasteiger partial charge in [-0.3, -0.25) is 4.79 Å². The second-order valence-electron chi connectivity index (χ2n) is 17.9. The summed E-state index contributed by atoms with van der Waals surface area (Å²) < 4.78 is 0. The van der Waals surface area contributed by atoms with Gasteiger partial charge in [0.15, 0.2) is 0 Å². The highest BCUT2D eigenvalue weighted by atomic mass is 16.3. The highest BCUT2D eigenvalue weighted by molar-refractivity contribution is 5.76. The van der Waals surface area contributed by atoms with Crippen molar-refractivity contribution in [1.82, 2.24) is 5.32 Å². The summed E-state index contributed by atoms with van der Waals surface area (Å²) in [6, 6.07) is -0.624. The van der Waals surface area contributed by atoms with Crippen LogP contribution in [0, 0.1) is 0 Å². The Bertz CT molecular complexity index is 1170. The van der Waals surface area contributed by atoms with Crippen LogP contribution in [0.3, 0.4) is 0 Å². The molecule has 0 aliphatic heterocycles. The topological polar surface area (TPSA) is 69.6 Å². The van der Waals surface area contributed by atoms with E-state index in [9.17, 15) is 15.0 Å². The molecule has 3 N–H and O–H groups in total. The van der Waals surface area contributed by atoms with Crippen molar-refractivity contribution in [2.45, 2.75) is 264 Å². The molecule has 0 saturated heterocycles. The van der Waals surface area contributed by atoms with Crippen LogP contribution in [0.1, 0.15) is 251 Å². The summed E-state index contributed by atoms with van der Waals surface area (Å²) in [5, 5.41) is 23.0. The lowest BCUT2D eigenvalue weighted by Crippen LogP contribution is -2.45. The molecule has 0 spiro atoms. The molecule has 0 heterocycles. The van der Waals surface area contributed by atoms with E-state index in [2.05, 4.69) is 104 Å². The largest absolute Gasteiger partial charge is 0.394 e. The Morgan fingerprint density at radius 1 is 0.397 bits per heavy atom.